The Balaban J connectivity index is 2.00. The molecule has 22 heavy (non-hydrogen) atoms. The minimum absolute atomic E-state index is 0.0367. The molecule has 0 saturated heterocycles. The van der Waals surface area contributed by atoms with Gasteiger partial charge in [0.15, 0.2) is 5.78 Å². The van der Waals surface area contributed by atoms with Crippen LogP contribution in [0.4, 0.5) is 5.69 Å². The number of hydrogen-bond donors (Lipinski definition) is 0. The Morgan fingerprint density at radius 3 is 2.59 bits per heavy atom. The first-order valence-electron chi connectivity index (χ1n) is 7.59. The Hall–Kier alpha value is -2.42. The fraction of sp³-hybridized carbons (Fsp3) is 0.263. The molecule has 112 valence electrons. The second-order valence-corrected chi connectivity index (χ2v) is 5.77. The van der Waals surface area contributed by atoms with Crippen molar-refractivity contribution in [1.82, 2.24) is 0 Å². The summed E-state index contributed by atoms with van der Waals surface area (Å²) in [6.45, 7) is 4.25. The lowest BCUT2D eigenvalue weighted by atomic mass is 9.97. The number of Topliss-reactive ketones (excluding diaryl/α,β-unsaturated/α-hetero) is 1. The monoisotopic (exact) mass is 293 g/mol. The van der Waals surface area contributed by atoms with E-state index in [4.69, 9.17) is 0 Å². The number of hydrogen-bond acceptors (Lipinski definition) is 2. The molecule has 0 bridgehead atoms. The molecule has 0 atom stereocenters. The number of benzene rings is 2. The Bertz CT molecular complexity index is 749. The van der Waals surface area contributed by atoms with Crippen molar-refractivity contribution in [2.75, 3.05) is 11.4 Å². The van der Waals surface area contributed by atoms with E-state index in [1.807, 2.05) is 54.3 Å². The average molecular weight is 293 g/mol. The number of aryl methyl sites for hydroxylation is 2. The summed E-state index contributed by atoms with van der Waals surface area (Å²) >= 11 is 0. The van der Waals surface area contributed by atoms with Gasteiger partial charge in [-0.15, -0.1) is 0 Å². The number of ketones is 1. The number of fused-ring (bicyclic) bond motifs is 1. The lowest BCUT2D eigenvalue weighted by Gasteiger charge is -2.30. The first-order valence-corrected chi connectivity index (χ1v) is 7.59. The molecule has 2 aromatic carbocycles. The van der Waals surface area contributed by atoms with Crippen molar-refractivity contribution in [1.29, 1.82) is 0 Å². The lowest BCUT2D eigenvalue weighted by molar-refractivity contribution is 0.0983. The molecule has 3 heteroatoms. The summed E-state index contributed by atoms with van der Waals surface area (Å²) in [5.41, 5.74) is 4.46. The van der Waals surface area contributed by atoms with Crippen LogP contribution in [-0.2, 0) is 6.42 Å². The molecule has 1 aliphatic heterocycles. The number of carbonyl (C=O) groups is 2. The van der Waals surface area contributed by atoms with Gasteiger partial charge in [0, 0.05) is 23.4 Å². The van der Waals surface area contributed by atoms with Gasteiger partial charge < -0.3 is 4.90 Å². The van der Waals surface area contributed by atoms with Crippen LogP contribution in [0.5, 0.6) is 0 Å². The predicted octanol–water partition coefficient (Wildman–Crippen LogP) is 3.79. The normalized spacial score (nSPS) is 13.6. The average Bonchev–Trinajstić information content (AvgIpc) is 2.53. The van der Waals surface area contributed by atoms with Crippen LogP contribution >= 0.6 is 0 Å². The van der Waals surface area contributed by atoms with Crippen molar-refractivity contribution in [3.05, 3.63) is 64.7 Å². The summed E-state index contributed by atoms with van der Waals surface area (Å²) in [7, 11) is 0. The molecular weight excluding hydrogens is 274 g/mol. The first kappa shape index (κ1) is 14.5. The zero-order valence-corrected chi connectivity index (χ0v) is 12.9. The summed E-state index contributed by atoms with van der Waals surface area (Å²) in [5, 5.41) is 0. The SMILES string of the molecule is CC(=O)c1ccc2c(c1)CCCN2C(=O)c1ccccc1C. The smallest absolute Gasteiger partial charge is 0.258 e. The molecule has 0 spiro atoms. The van der Waals surface area contributed by atoms with E-state index in [0.717, 1.165) is 41.8 Å². The summed E-state index contributed by atoms with van der Waals surface area (Å²) in [6, 6.07) is 13.3. The first-order chi connectivity index (χ1) is 10.6. The molecule has 1 amide bonds. The van der Waals surface area contributed by atoms with Crippen molar-refractivity contribution >= 4 is 17.4 Å². The van der Waals surface area contributed by atoms with Crippen molar-refractivity contribution in [3.8, 4) is 0 Å². The molecule has 0 N–H and O–H groups in total. The van der Waals surface area contributed by atoms with E-state index >= 15 is 0 Å². The van der Waals surface area contributed by atoms with Gasteiger partial charge in [-0.3, -0.25) is 9.59 Å². The molecule has 0 radical (unpaired) electrons. The molecule has 0 aromatic heterocycles. The summed E-state index contributed by atoms with van der Waals surface area (Å²) in [6.07, 6.45) is 1.83. The lowest BCUT2D eigenvalue weighted by Crippen LogP contribution is -2.36. The van der Waals surface area contributed by atoms with Gasteiger partial charge >= 0.3 is 0 Å². The molecule has 0 fully saturated rings. The van der Waals surface area contributed by atoms with Crippen molar-refractivity contribution in [3.63, 3.8) is 0 Å². The van der Waals surface area contributed by atoms with Crippen LogP contribution in [0.1, 0.15) is 45.2 Å². The second-order valence-electron chi connectivity index (χ2n) is 5.77. The molecule has 2 aromatic rings. The highest BCUT2D eigenvalue weighted by Gasteiger charge is 2.24. The highest BCUT2D eigenvalue weighted by molar-refractivity contribution is 6.08. The molecule has 1 heterocycles. The van der Waals surface area contributed by atoms with E-state index in [9.17, 15) is 9.59 Å². The largest absolute Gasteiger partial charge is 0.308 e. The molecule has 3 nitrogen and oxygen atoms in total. The van der Waals surface area contributed by atoms with Gasteiger partial charge in [0.2, 0.25) is 0 Å². The van der Waals surface area contributed by atoms with Crippen LogP contribution in [0, 0.1) is 6.92 Å². The number of carbonyl (C=O) groups excluding carboxylic acids is 2. The maximum Gasteiger partial charge on any atom is 0.258 e. The maximum absolute atomic E-state index is 12.9. The quantitative estimate of drug-likeness (QED) is 0.790. The molecule has 3 rings (SSSR count). The summed E-state index contributed by atoms with van der Waals surface area (Å²) < 4.78 is 0. The topological polar surface area (TPSA) is 37.4 Å². The third kappa shape index (κ3) is 2.54. The van der Waals surface area contributed by atoms with Crippen LogP contribution in [-0.4, -0.2) is 18.2 Å². The highest BCUT2D eigenvalue weighted by Crippen LogP contribution is 2.30. The van der Waals surface area contributed by atoms with E-state index in [-0.39, 0.29) is 11.7 Å². The van der Waals surface area contributed by atoms with E-state index in [1.165, 1.54) is 0 Å². The molecule has 0 saturated carbocycles. The Morgan fingerprint density at radius 2 is 1.86 bits per heavy atom. The minimum Gasteiger partial charge on any atom is -0.308 e. The number of nitrogens with zero attached hydrogens (tertiary/aromatic N) is 1. The zero-order chi connectivity index (χ0) is 15.7. The highest BCUT2D eigenvalue weighted by atomic mass is 16.2. The number of rotatable bonds is 2. The molecule has 0 unspecified atom stereocenters. The van der Waals surface area contributed by atoms with Gasteiger partial charge in [-0.25, -0.2) is 0 Å². The molecule has 1 aliphatic rings. The zero-order valence-electron chi connectivity index (χ0n) is 12.9. The Labute approximate surface area is 130 Å². The Kier molecular flexibility index (Phi) is 3.80. The van der Waals surface area contributed by atoms with Gasteiger partial charge in [-0.05, 0) is 62.1 Å². The Morgan fingerprint density at radius 1 is 1.09 bits per heavy atom. The van der Waals surface area contributed by atoms with Gasteiger partial charge in [0.05, 0.1) is 0 Å². The van der Waals surface area contributed by atoms with E-state index in [1.54, 1.807) is 6.92 Å². The van der Waals surface area contributed by atoms with Gasteiger partial charge in [-0.2, -0.15) is 0 Å². The van der Waals surface area contributed by atoms with Crippen LogP contribution in [0.25, 0.3) is 0 Å². The fourth-order valence-corrected chi connectivity index (χ4v) is 2.99. The van der Waals surface area contributed by atoms with Gasteiger partial charge in [0.25, 0.3) is 5.91 Å². The van der Waals surface area contributed by atoms with Crippen LogP contribution in [0.3, 0.4) is 0 Å². The second kappa shape index (κ2) is 5.76. The summed E-state index contributed by atoms with van der Waals surface area (Å²) in [4.78, 5) is 26.2. The van der Waals surface area contributed by atoms with Crippen molar-refractivity contribution < 1.29 is 9.59 Å². The third-order valence-electron chi connectivity index (χ3n) is 4.23. The summed E-state index contributed by atoms with van der Waals surface area (Å²) in [5.74, 6) is 0.0970. The number of anilines is 1. The minimum atomic E-state index is 0.0367. The van der Waals surface area contributed by atoms with Crippen molar-refractivity contribution in [2.24, 2.45) is 0 Å². The molecule has 0 aliphatic carbocycles. The van der Waals surface area contributed by atoms with Gasteiger partial charge in [-0.1, -0.05) is 18.2 Å². The third-order valence-corrected chi connectivity index (χ3v) is 4.23. The molecular formula is C19H19NO2. The standard InChI is InChI=1S/C19H19NO2/c1-13-6-3-4-8-17(13)19(22)20-11-5-7-16-12-15(14(2)21)9-10-18(16)20/h3-4,6,8-10,12H,5,7,11H2,1-2H3. The van der Waals surface area contributed by atoms with Crippen LogP contribution < -0.4 is 4.90 Å². The van der Waals surface area contributed by atoms with Gasteiger partial charge in [0.1, 0.15) is 0 Å². The predicted molar refractivity (Wildman–Crippen MR) is 87.6 cm³/mol. The van der Waals surface area contributed by atoms with Crippen LogP contribution in [0.2, 0.25) is 0 Å². The van der Waals surface area contributed by atoms with E-state index in [2.05, 4.69) is 0 Å². The fourth-order valence-electron chi connectivity index (χ4n) is 2.99. The number of amides is 1. The van der Waals surface area contributed by atoms with E-state index < -0.39 is 0 Å². The van der Waals surface area contributed by atoms with E-state index in [0.29, 0.717) is 5.56 Å². The van der Waals surface area contributed by atoms with Crippen LogP contribution in [0.15, 0.2) is 42.5 Å². The maximum atomic E-state index is 12.9. The van der Waals surface area contributed by atoms with Crippen molar-refractivity contribution in [2.45, 2.75) is 26.7 Å².